The molecule has 0 aliphatic heterocycles. The minimum Gasteiger partial charge on any atom is -0.299 e. The summed E-state index contributed by atoms with van der Waals surface area (Å²) in [5.41, 5.74) is 2.98. The summed E-state index contributed by atoms with van der Waals surface area (Å²) in [7, 11) is 0. The van der Waals surface area contributed by atoms with Crippen molar-refractivity contribution in [2.75, 3.05) is 0 Å². The van der Waals surface area contributed by atoms with Crippen molar-refractivity contribution in [1.82, 2.24) is 0 Å². The van der Waals surface area contributed by atoms with Crippen LogP contribution in [0, 0.1) is 34.5 Å². The van der Waals surface area contributed by atoms with Crippen LogP contribution in [0.25, 0.3) is 0 Å². The van der Waals surface area contributed by atoms with E-state index in [0.29, 0.717) is 41.7 Å². The molecule has 5 rings (SSSR count). The fraction of sp³-hybridized carbons (Fsp3) is 0.643. The predicted molar refractivity (Wildman–Crippen MR) is 120 cm³/mol. The zero-order valence-electron chi connectivity index (χ0n) is 18.7. The van der Waals surface area contributed by atoms with Crippen molar-refractivity contribution in [2.45, 2.75) is 78.1 Å². The Morgan fingerprint density at radius 1 is 0.933 bits per heavy atom. The quantitative estimate of drug-likeness (QED) is 0.587. The fourth-order valence-electron chi connectivity index (χ4n) is 8.03. The van der Waals surface area contributed by atoms with E-state index in [4.69, 9.17) is 0 Å². The van der Waals surface area contributed by atoms with Crippen LogP contribution in [0.4, 0.5) is 0 Å². The summed E-state index contributed by atoms with van der Waals surface area (Å²) >= 11 is 0. The number of aryl methyl sites for hydroxylation is 1. The van der Waals surface area contributed by atoms with Crippen LogP contribution in [0.3, 0.4) is 0 Å². The number of carbonyl (C=O) groups is 2. The Kier molecular flexibility index (Phi) is 5.03. The first-order valence-electron chi connectivity index (χ1n) is 12.2. The first-order chi connectivity index (χ1) is 14.4. The van der Waals surface area contributed by atoms with Crippen molar-refractivity contribution >= 4 is 11.6 Å². The van der Waals surface area contributed by atoms with Crippen LogP contribution < -0.4 is 0 Å². The van der Waals surface area contributed by atoms with Gasteiger partial charge >= 0.3 is 0 Å². The van der Waals surface area contributed by atoms with Gasteiger partial charge in [0.2, 0.25) is 0 Å². The Morgan fingerprint density at radius 2 is 1.70 bits per heavy atom. The van der Waals surface area contributed by atoms with Crippen LogP contribution in [-0.2, 0) is 16.0 Å². The van der Waals surface area contributed by atoms with Gasteiger partial charge in [-0.15, -0.1) is 0 Å². The molecule has 4 aliphatic rings. The standard InChI is InChI=1S/C28H36O2/c1-27-15-13-21(29)18-25(27)20(10-6-9-19-7-4-3-5-8-19)17-22-23-11-12-26(30)28(23,2)16-14-24(22)27/h3-5,7-8,18,20,22-24H,6,9-17H2,1-2H3/t20-,22-,23-,24-,27+,28-/m0/s1. The number of hydrogen-bond donors (Lipinski definition) is 0. The third-order valence-corrected chi connectivity index (χ3v) is 9.69. The van der Waals surface area contributed by atoms with E-state index < -0.39 is 0 Å². The Labute approximate surface area is 181 Å². The van der Waals surface area contributed by atoms with Gasteiger partial charge in [0.25, 0.3) is 0 Å². The molecule has 0 spiro atoms. The molecule has 0 heterocycles. The molecule has 0 unspecified atom stereocenters. The Morgan fingerprint density at radius 3 is 2.50 bits per heavy atom. The van der Waals surface area contributed by atoms with E-state index in [9.17, 15) is 9.59 Å². The highest BCUT2D eigenvalue weighted by molar-refractivity contribution is 5.92. The summed E-state index contributed by atoms with van der Waals surface area (Å²) in [5, 5.41) is 0. The summed E-state index contributed by atoms with van der Waals surface area (Å²) in [5.74, 6) is 3.26. The van der Waals surface area contributed by atoms with Crippen molar-refractivity contribution < 1.29 is 9.59 Å². The van der Waals surface area contributed by atoms with Crippen LogP contribution in [-0.4, -0.2) is 11.6 Å². The molecule has 0 amide bonds. The monoisotopic (exact) mass is 404 g/mol. The molecule has 0 aromatic heterocycles. The molecule has 3 saturated carbocycles. The minimum atomic E-state index is -0.0716. The molecule has 4 aliphatic carbocycles. The molecule has 160 valence electrons. The largest absolute Gasteiger partial charge is 0.299 e. The van der Waals surface area contributed by atoms with Gasteiger partial charge in [0.15, 0.2) is 5.78 Å². The maximum absolute atomic E-state index is 12.8. The molecule has 30 heavy (non-hydrogen) atoms. The highest BCUT2D eigenvalue weighted by Gasteiger charge is 2.60. The van der Waals surface area contributed by atoms with E-state index in [2.05, 4.69) is 50.3 Å². The summed E-state index contributed by atoms with van der Waals surface area (Å²) in [6, 6.07) is 10.8. The van der Waals surface area contributed by atoms with E-state index in [1.807, 2.05) is 0 Å². The van der Waals surface area contributed by atoms with Crippen molar-refractivity contribution in [2.24, 2.45) is 34.5 Å². The minimum absolute atomic E-state index is 0.0716. The predicted octanol–water partition coefficient (Wildman–Crippen LogP) is 6.34. The van der Waals surface area contributed by atoms with Crippen LogP contribution in [0.2, 0.25) is 0 Å². The molecule has 0 radical (unpaired) electrons. The van der Waals surface area contributed by atoms with Gasteiger partial charge in [-0.3, -0.25) is 9.59 Å². The van der Waals surface area contributed by atoms with E-state index in [-0.39, 0.29) is 10.8 Å². The van der Waals surface area contributed by atoms with E-state index >= 15 is 0 Å². The van der Waals surface area contributed by atoms with E-state index in [1.165, 1.54) is 36.8 Å². The van der Waals surface area contributed by atoms with Crippen molar-refractivity contribution in [3.05, 3.63) is 47.5 Å². The molecule has 3 fully saturated rings. The lowest BCUT2D eigenvalue weighted by Gasteiger charge is -2.59. The number of Topliss-reactive ketones (excluding diaryl/α,β-unsaturated/α-hetero) is 1. The molecule has 0 saturated heterocycles. The molecular formula is C28H36O2. The van der Waals surface area contributed by atoms with Crippen molar-refractivity contribution in [3.63, 3.8) is 0 Å². The molecule has 0 N–H and O–H groups in total. The normalized spacial score (nSPS) is 40.4. The van der Waals surface area contributed by atoms with E-state index in [1.54, 1.807) is 0 Å². The highest BCUT2D eigenvalue weighted by atomic mass is 16.1. The lowest BCUT2D eigenvalue weighted by atomic mass is 9.45. The fourth-order valence-corrected chi connectivity index (χ4v) is 8.03. The zero-order chi connectivity index (χ0) is 20.9. The molecule has 2 nitrogen and oxygen atoms in total. The SMILES string of the molecule is C[C@]12CCC(=O)C=C1[C@@H](CCCc1ccccc1)C[C@@H]1[C@@H]2CC[C@]2(C)C(=O)CC[C@@H]12. The molecular weight excluding hydrogens is 368 g/mol. The number of ketones is 2. The van der Waals surface area contributed by atoms with Gasteiger partial charge < -0.3 is 0 Å². The van der Waals surface area contributed by atoms with Gasteiger partial charge in [-0.25, -0.2) is 0 Å². The van der Waals surface area contributed by atoms with Gasteiger partial charge in [0.05, 0.1) is 0 Å². The van der Waals surface area contributed by atoms with Crippen molar-refractivity contribution in [3.8, 4) is 0 Å². The Bertz CT molecular complexity index is 868. The zero-order valence-corrected chi connectivity index (χ0v) is 18.7. The second-order valence-electron chi connectivity index (χ2n) is 11.1. The average Bonchev–Trinajstić information content (AvgIpc) is 3.05. The third-order valence-electron chi connectivity index (χ3n) is 9.69. The number of benzene rings is 1. The number of allylic oxidation sites excluding steroid dienone is 1. The Balaban J connectivity index is 1.41. The smallest absolute Gasteiger partial charge is 0.155 e. The molecule has 1 aromatic carbocycles. The topological polar surface area (TPSA) is 34.1 Å². The van der Waals surface area contributed by atoms with Gasteiger partial charge in [-0.1, -0.05) is 49.8 Å². The van der Waals surface area contributed by atoms with Crippen molar-refractivity contribution in [1.29, 1.82) is 0 Å². The van der Waals surface area contributed by atoms with Gasteiger partial charge in [-0.2, -0.15) is 0 Å². The summed E-state index contributed by atoms with van der Waals surface area (Å²) in [4.78, 5) is 25.2. The lowest BCUT2D eigenvalue weighted by Crippen LogP contribution is -2.52. The van der Waals surface area contributed by atoms with Crippen LogP contribution in [0.15, 0.2) is 42.0 Å². The number of hydrogen-bond acceptors (Lipinski definition) is 2. The number of carbonyl (C=O) groups excluding carboxylic acids is 2. The van der Waals surface area contributed by atoms with Crippen LogP contribution in [0.1, 0.15) is 77.2 Å². The maximum Gasteiger partial charge on any atom is 0.155 e. The third kappa shape index (κ3) is 3.13. The molecule has 6 atom stereocenters. The van der Waals surface area contributed by atoms with Gasteiger partial charge in [0, 0.05) is 18.3 Å². The second kappa shape index (κ2) is 7.46. The summed E-state index contributed by atoms with van der Waals surface area (Å²) < 4.78 is 0. The average molecular weight is 405 g/mol. The molecule has 1 aromatic rings. The highest BCUT2D eigenvalue weighted by Crippen LogP contribution is 2.65. The van der Waals surface area contributed by atoms with Crippen LogP contribution in [0.5, 0.6) is 0 Å². The molecule has 2 heteroatoms. The lowest BCUT2D eigenvalue weighted by molar-refractivity contribution is -0.133. The van der Waals surface area contributed by atoms with E-state index in [0.717, 1.165) is 32.1 Å². The second-order valence-corrected chi connectivity index (χ2v) is 11.1. The first-order valence-corrected chi connectivity index (χ1v) is 12.2. The maximum atomic E-state index is 12.8. The first kappa shape index (κ1) is 20.2. The van der Waals surface area contributed by atoms with Gasteiger partial charge in [0.1, 0.15) is 5.78 Å². The summed E-state index contributed by atoms with van der Waals surface area (Å²) in [6.07, 6.45) is 12.6. The number of rotatable bonds is 4. The summed E-state index contributed by atoms with van der Waals surface area (Å²) in [6.45, 7) is 4.73. The van der Waals surface area contributed by atoms with Gasteiger partial charge in [-0.05, 0) is 92.1 Å². The number of fused-ring (bicyclic) bond motifs is 5. The Hall–Kier alpha value is -1.70. The van der Waals surface area contributed by atoms with Crippen LogP contribution >= 0.6 is 0 Å². The molecule has 0 bridgehead atoms.